The van der Waals surface area contributed by atoms with Crippen molar-refractivity contribution in [2.75, 3.05) is 29.9 Å². The fourth-order valence-electron chi connectivity index (χ4n) is 1.88. The van der Waals surface area contributed by atoms with Crippen molar-refractivity contribution in [2.24, 2.45) is 0 Å². The zero-order valence-electron chi connectivity index (χ0n) is 10.5. The number of benzene rings is 1. The smallest absolute Gasteiger partial charge is 0.339 e. The number of carboxylic acid groups (broad SMARTS) is 1. The van der Waals surface area contributed by atoms with Gasteiger partial charge in [0, 0.05) is 35.4 Å². The summed E-state index contributed by atoms with van der Waals surface area (Å²) in [7, 11) is -0.876. The van der Waals surface area contributed by atoms with Crippen molar-refractivity contribution in [1.82, 2.24) is 4.90 Å². The summed E-state index contributed by atoms with van der Waals surface area (Å²) >= 11 is 5.83. The molecule has 2 N–H and O–H groups in total. The Bertz CT molecular complexity index is 569. The Hall–Kier alpha value is -1.60. The number of hydrogen-bond acceptors (Lipinski definition) is 3. The molecule has 0 atom stereocenters. The minimum absolute atomic E-state index is 0.0649. The van der Waals surface area contributed by atoms with Crippen LogP contribution >= 0.6 is 11.6 Å². The second-order valence-corrected chi connectivity index (χ2v) is 6.34. The van der Waals surface area contributed by atoms with Crippen LogP contribution in [0.3, 0.4) is 0 Å². The molecule has 1 aromatic rings. The molecule has 0 aromatic heterocycles. The van der Waals surface area contributed by atoms with Crippen LogP contribution in [0.2, 0.25) is 5.02 Å². The Morgan fingerprint density at radius 2 is 1.95 bits per heavy atom. The Balaban J connectivity index is 2.14. The van der Waals surface area contributed by atoms with Crippen LogP contribution in [-0.4, -0.2) is 50.8 Å². The maximum atomic E-state index is 12.0. The molecule has 0 spiro atoms. The van der Waals surface area contributed by atoms with Crippen molar-refractivity contribution in [3.8, 4) is 0 Å². The number of carbonyl (C=O) groups excluding carboxylic acids is 1. The minimum atomic E-state index is -1.20. The molecule has 1 aliphatic rings. The summed E-state index contributed by atoms with van der Waals surface area (Å²) in [4.78, 5) is 24.7. The van der Waals surface area contributed by atoms with E-state index in [0.717, 1.165) is 0 Å². The Kier molecular flexibility index (Phi) is 4.61. The highest BCUT2D eigenvalue weighted by Gasteiger charge is 2.22. The number of hydrogen-bond donors (Lipinski definition) is 2. The Morgan fingerprint density at radius 3 is 2.55 bits per heavy atom. The van der Waals surface area contributed by atoms with E-state index in [9.17, 15) is 13.8 Å². The van der Waals surface area contributed by atoms with Crippen LogP contribution in [0.1, 0.15) is 10.4 Å². The van der Waals surface area contributed by atoms with E-state index >= 15 is 0 Å². The molecule has 1 aromatic carbocycles. The molecule has 1 aliphatic heterocycles. The monoisotopic (exact) mass is 316 g/mol. The quantitative estimate of drug-likeness (QED) is 0.868. The van der Waals surface area contributed by atoms with E-state index in [2.05, 4.69) is 5.32 Å². The van der Waals surface area contributed by atoms with E-state index in [0.29, 0.717) is 24.6 Å². The molecule has 8 heteroatoms. The maximum absolute atomic E-state index is 12.0. The number of halogens is 1. The van der Waals surface area contributed by atoms with Gasteiger partial charge >= 0.3 is 12.0 Å². The Morgan fingerprint density at radius 1 is 1.30 bits per heavy atom. The van der Waals surface area contributed by atoms with Crippen LogP contribution in [0, 0.1) is 0 Å². The molecule has 0 bridgehead atoms. The zero-order chi connectivity index (χ0) is 14.7. The topological polar surface area (TPSA) is 86.7 Å². The number of anilines is 1. The molecule has 1 fully saturated rings. The number of rotatable bonds is 2. The lowest BCUT2D eigenvalue weighted by molar-refractivity contribution is 0.0698. The molecule has 0 radical (unpaired) electrons. The van der Waals surface area contributed by atoms with Gasteiger partial charge in [0.05, 0.1) is 10.7 Å². The van der Waals surface area contributed by atoms with Crippen LogP contribution in [0.5, 0.6) is 0 Å². The molecule has 6 nitrogen and oxygen atoms in total. The molecular formula is C12H13ClN2O4S. The number of nitrogens with zero attached hydrogens (tertiary/aromatic N) is 1. The van der Waals surface area contributed by atoms with Crippen LogP contribution < -0.4 is 5.32 Å². The first-order valence-corrected chi connectivity index (χ1v) is 7.78. The van der Waals surface area contributed by atoms with E-state index in [1.54, 1.807) is 6.07 Å². The standard InChI is InChI=1S/C12H13ClN2O4S/c13-8-2-1-3-9(10(8)11(16)17)14-12(18)15-4-6-20(19)7-5-15/h1-3H,4-7H2,(H,14,18)(H,16,17). The first-order chi connectivity index (χ1) is 9.49. The van der Waals surface area contributed by atoms with Gasteiger partial charge in [-0.1, -0.05) is 17.7 Å². The molecule has 2 rings (SSSR count). The van der Waals surface area contributed by atoms with Gasteiger partial charge in [0.1, 0.15) is 5.56 Å². The molecular weight excluding hydrogens is 304 g/mol. The molecule has 0 saturated carbocycles. The van der Waals surface area contributed by atoms with E-state index in [1.807, 2.05) is 0 Å². The molecule has 2 amide bonds. The Labute approximate surface area is 123 Å². The SMILES string of the molecule is O=C(O)c1c(Cl)cccc1NC(=O)N1CCS(=O)CC1. The van der Waals surface area contributed by atoms with Crippen LogP contribution in [0.25, 0.3) is 0 Å². The average Bonchev–Trinajstić information content (AvgIpc) is 2.39. The third-order valence-corrected chi connectivity index (χ3v) is 4.52. The molecule has 1 saturated heterocycles. The van der Waals surface area contributed by atoms with Gasteiger partial charge in [0.15, 0.2) is 0 Å². The van der Waals surface area contributed by atoms with Crippen LogP contribution in [-0.2, 0) is 10.8 Å². The normalized spacial score (nSPS) is 15.9. The van der Waals surface area contributed by atoms with Gasteiger partial charge in [-0.05, 0) is 12.1 Å². The summed E-state index contributed by atoms with van der Waals surface area (Å²) in [6.45, 7) is 0.781. The predicted molar refractivity (Wildman–Crippen MR) is 76.9 cm³/mol. The summed E-state index contributed by atoms with van der Waals surface area (Å²) < 4.78 is 11.2. The first-order valence-electron chi connectivity index (χ1n) is 5.91. The molecule has 0 unspecified atom stereocenters. The third kappa shape index (κ3) is 3.29. The van der Waals surface area contributed by atoms with Crippen molar-refractivity contribution in [1.29, 1.82) is 0 Å². The minimum Gasteiger partial charge on any atom is -0.478 e. The summed E-state index contributed by atoms with van der Waals surface area (Å²) in [5, 5.41) is 11.7. The lowest BCUT2D eigenvalue weighted by atomic mass is 10.2. The van der Waals surface area contributed by atoms with Crippen molar-refractivity contribution in [3.63, 3.8) is 0 Å². The maximum Gasteiger partial charge on any atom is 0.339 e. The van der Waals surface area contributed by atoms with Gasteiger partial charge < -0.3 is 15.3 Å². The van der Waals surface area contributed by atoms with E-state index in [-0.39, 0.29) is 16.3 Å². The molecule has 20 heavy (non-hydrogen) atoms. The number of aromatic carboxylic acids is 1. The highest BCUT2D eigenvalue weighted by Crippen LogP contribution is 2.24. The highest BCUT2D eigenvalue weighted by molar-refractivity contribution is 7.85. The van der Waals surface area contributed by atoms with Crippen LogP contribution in [0.4, 0.5) is 10.5 Å². The number of urea groups is 1. The fraction of sp³-hybridized carbons (Fsp3) is 0.333. The fourth-order valence-corrected chi connectivity index (χ4v) is 3.19. The first kappa shape index (κ1) is 14.8. The lowest BCUT2D eigenvalue weighted by Gasteiger charge is -2.26. The summed E-state index contributed by atoms with van der Waals surface area (Å²) in [6, 6.07) is 4.09. The number of amides is 2. The average molecular weight is 317 g/mol. The zero-order valence-corrected chi connectivity index (χ0v) is 12.0. The number of nitrogens with one attached hydrogen (secondary N) is 1. The van der Waals surface area contributed by atoms with Gasteiger partial charge in [0.2, 0.25) is 0 Å². The van der Waals surface area contributed by atoms with Crippen molar-refractivity contribution >= 4 is 40.1 Å². The van der Waals surface area contributed by atoms with Gasteiger partial charge in [-0.15, -0.1) is 0 Å². The second-order valence-electron chi connectivity index (χ2n) is 4.23. The van der Waals surface area contributed by atoms with Gasteiger partial charge in [-0.25, -0.2) is 9.59 Å². The van der Waals surface area contributed by atoms with E-state index in [4.69, 9.17) is 16.7 Å². The van der Waals surface area contributed by atoms with Gasteiger partial charge in [-0.3, -0.25) is 4.21 Å². The predicted octanol–water partition coefficient (Wildman–Crippen LogP) is 1.63. The molecule has 0 aliphatic carbocycles. The van der Waals surface area contributed by atoms with E-state index in [1.165, 1.54) is 17.0 Å². The summed E-state index contributed by atoms with van der Waals surface area (Å²) in [6.07, 6.45) is 0. The number of carboxylic acids is 1. The van der Waals surface area contributed by atoms with Crippen molar-refractivity contribution in [2.45, 2.75) is 0 Å². The summed E-state index contributed by atoms with van der Waals surface area (Å²) in [5.74, 6) is -0.325. The third-order valence-electron chi connectivity index (χ3n) is 2.93. The van der Waals surface area contributed by atoms with Crippen molar-refractivity contribution in [3.05, 3.63) is 28.8 Å². The van der Waals surface area contributed by atoms with Gasteiger partial charge in [-0.2, -0.15) is 0 Å². The molecule has 1 heterocycles. The highest BCUT2D eigenvalue weighted by atomic mass is 35.5. The van der Waals surface area contributed by atoms with E-state index < -0.39 is 22.8 Å². The molecule has 108 valence electrons. The lowest BCUT2D eigenvalue weighted by Crippen LogP contribution is -2.44. The second kappa shape index (κ2) is 6.23. The van der Waals surface area contributed by atoms with Gasteiger partial charge in [0.25, 0.3) is 0 Å². The number of carbonyl (C=O) groups is 2. The largest absolute Gasteiger partial charge is 0.478 e. The van der Waals surface area contributed by atoms with Crippen LogP contribution in [0.15, 0.2) is 18.2 Å². The summed E-state index contributed by atoms with van der Waals surface area (Å²) in [5.41, 5.74) is 0.0183. The van der Waals surface area contributed by atoms with Crippen molar-refractivity contribution < 1.29 is 18.9 Å².